The number of nitrogens with one attached hydrogen (secondary N) is 2. The Hall–Kier alpha value is -3.79. The summed E-state index contributed by atoms with van der Waals surface area (Å²) in [5, 5.41) is 4.81. The van der Waals surface area contributed by atoms with Crippen molar-refractivity contribution in [3.8, 4) is 0 Å². The molecule has 0 aliphatic carbocycles. The molecule has 34 heavy (non-hydrogen) atoms. The molecule has 0 spiro atoms. The van der Waals surface area contributed by atoms with E-state index in [9.17, 15) is 26.8 Å². The maximum atomic E-state index is 13.7. The largest absolute Gasteiger partial charge is 0.357 e. The minimum absolute atomic E-state index is 0.0246. The van der Waals surface area contributed by atoms with Gasteiger partial charge in [0.25, 0.3) is 15.9 Å². The number of para-hydroxylation sites is 1. The van der Waals surface area contributed by atoms with Gasteiger partial charge < -0.3 is 10.6 Å². The summed E-state index contributed by atoms with van der Waals surface area (Å²) in [6.45, 7) is 1.86. The molecule has 0 saturated carbocycles. The fraction of sp³-hybridized carbons (Fsp3) is 0.167. The topological polar surface area (TPSA) is 95.6 Å². The fourth-order valence-corrected chi connectivity index (χ4v) is 4.88. The first-order valence-electron chi connectivity index (χ1n) is 10.3. The summed E-state index contributed by atoms with van der Waals surface area (Å²) in [7, 11) is -2.66. The molecule has 2 amide bonds. The van der Waals surface area contributed by atoms with E-state index in [1.54, 1.807) is 37.3 Å². The third-order valence-electron chi connectivity index (χ3n) is 5.08. The molecule has 3 aromatic rings. The van der Waals surface area contributed by atoms with Crippen LogP contribution < -0.4 is 14.9 Å². The van der Waals surface area contributed by atoms with Crippen LogP contribution in [0.25, 0.3) is 0 Å². The number of halogens is 2. The van der Waals surface area contributed by atoms with Crippen LogP contribution in [0.15, 0.2) is 77.7 Å². The average Bonchev–Trinajstić information content (AvgIpc) is 2.84. The number of likely N-dealkylation sites (N-methyl/N-ethyl adjacent to an activating group) is 1. The Morgan fingerprint density at radius 1 is 0.941 bits per heavy atom. The summed E-state index contributed by atoms with van der Waals surface area (Å²) in [5.74, 6) is -3.70. The molecule has 0 radical (unpaired) electrons. The van der Waals surface area contributed by atoms with Gasteiger partial charge in [-0.05, 0) is 55.0 Å². The van der Waals surface area contributed by atoms with Crippen molar-refractivity contribution in [1.82, 2.24) is 10.6 Å². The Balaban J connectivity index is 1.92. The molecule has 178 valence electrons. The number of rotatable bonds is 8. The molecule has 0 saturated heterocycles. The Kier molecular flexibility index (Phi) is 7.62. The zero-order valence-corrected chi connectivity index (χ0v) is 19.3. The highest BCUT2D eigenvalue weighted by Crippen LogP contribution is 2.24. The van der Waals surface area contributed by atoms with Crippen LogP contribution in [0.3, 0.4) is 0 Å². The second-order valence-corrected chi connectivity index (χ2v) is 9.09. The van der Waals surface area contributed by atoms with Crippen molar-refractivity contribution in [1.29, 1.82) is 0 Å². The normalized spacial score (nSPS) is 12.0. The highest BCUT2D eigenvalue weighted by Gasteiger charge is 2.27. The van der Waals surface area contributed by atoms with Gasteiger partial charge in [-0.15, -0.1) is 0 Å². The van der Waals surface area contributed by atoms with Gasteiger partial charge >= 0.3 is 0 Å². The Morgan fingerprint density at radius 3 is 2.26 bits per heavy atom. The molecule has 3 aromatic carbocycles. The Morgan fingerprint density at radius 2 is 1.65 bits per heavy atom. The van der Waals surface area contributed by atoms with E-state index in [-0.39, 0.29) is 22.6 Å². The predicted octanol–water partition coefficient (Wildman–Crippen LogP) is 3.40. The van der Waals surface area contributed by atoms with Gasteiger partial charge in [0.2, 0.25) is 5.91 Å². The highest BCUT2D eigenvalue weighted by atomic mass is 32.2. The second-order valence-electron chi connectivity index (χ2n) is 7.23. The van der Waals surface area contributed by atoms with Crippen molar-refractivity contribution in [3.63, 3.8) is 0 Å². The van der Waals surface area contributed by atoms with Crippen LogP contribution in [0.2, 0.25) is 0 Å². The van der Waals surface area contributed by atoms with E-state index in [0.717, 1.165) is 12.1 Å². The van der Waals surface area contributed by atoms with Crippen LogP contribution in [-0.2, 0) is 14.8 Å². The zero-order chi connectivity index (χ0) is 24.9. The second kappa shape index (κ2) is 10.4. The number of hydrogen-bond acceptors (Lipinski definition) is 4. The summed E-state index contributed by atoms with van der Waals surface area (Å²) >= 11 is 0. The number of benzene rings is 3. The lowest BCUT2D eigenvalue weighted by Crippen LogP contribution is -2.39. The summed E-state index contributed by atoms with van der Waals surface area (Å²) in [6, 6.07) is 15.4. The van der Waals surface area contributed by atoms with Gasteiger partial charge in [-0.2, -0.15) is 0 Å². The van der Waals surface area contributed by atoms with E-state index in [0.29, 0.717) is 5.69 Å². The van der Waals surface area contributed by atoms with Gasteiger partial charge in [0.1, 0.15) is 6.04 Å². The van der Waals surface area contributed by atoms with Crippen LogP contribution in [0.1, 0.15) is 28.9 Å². The first-order chi connectivity index (χ1) is 16.2. The molecule has 7 nitrogen and oxygen atoms in total. The third kappa shape index (κ3) is 5.23. The summed E-state index contributed by atoms with van der Waals surface area (Å²) in [5.41, 5.74) is 0.469. The highest BCUT2D eigenvalue weighted by molar-refractivity contribution is 7.92. The van der Waals surface area contributed by atoms with Gasteiger partial charge in [-0.3, -0.25) is 13.9 Å². The summed E-state index contributed by atoms with van der Waals surface area (Å²) in [4.78, 5) is 25.1. The SMILES string of the molecule is CCN(c1ccccc1)S(=O)(=O)c1cccc(C(=O)NC(C(=O)NC)c2ccc(F)c(F)c2)c1. The van der Waals surface area contributed by atoms with Crippen LogP contribution in [0.4, 0.5) is 14.5 Å². The van der Waals surface area contributed by atoms with E-state index in [2.05, 4.69) is 10.6 Å². The van der Waals surface area contributed by atoms with Crippen LogP contribution in [0.5, 0.6) is 0 Å². The van der Waals surface area contributed by atoms with Crippen molar-refractivity contribution in [2.24, 2.45) is 0 Å². The van der Waals surface area contributed by atoms with Gasteiger partial charge in [-0.25, -0.2) is 17.2 Å². The molecule has 1 unspecified atom stereocenters. The van der Waals surface area contributed by atoms with Gasteiger partial charge in [-0.1, -0.05) is 30.3 Å². The predicted molar refractivity (Wildman–Crippen MR) is 124 cm³/mol. The Labute approximate surface area is 196 Å². The monoisotopic (exact) mass is 487 g/mol. The first-order valence-corrected chi connectivity index (χ1v) is 11.8. The van der Waals surface area contributed by atoms with E-state index >= 15 is 0 Å². The number of anilines is 1. The summed E-state index contributed by atoms with van der Waals surface area (Å²) < 4.78 is 54.8. The van der Waals surface area contributed by atoms with E-state index in [1.807, 2.05) is 0 Å². The Bertz CT molecular complexity index is 1300. The van der Waals surface area contributed by atoms with Gasteiger partial charge in [0.05, 0.1) is 10.6 Å². The molecule has 0 aliphatic heterocycles. The molecule has 0 heterocycles. The number of carbonyl (C=O) groups is 2. The number of hydrogen-bond donors (Lipinski definition) is 2. The number of nitrogens with zero attached hydrogens (tertiary/aromatic N) is 1. The van der Waals surface area contributed by atoms with Gasteiger partial charge in [0.15, 0.2) is 11.6 Å². The van der Waals surface area contributed by atoms with Crippen molar-refractivity contribution >= 4 is 27.5 Å². The molecule has 1 atom stereocenters. The molecule has 0 bridgehead atoms. The van der Waals surface area contributed by atoms with Gasteiger partial charge in [0, 0.05) is 19.2 Å². The standard InChI is InChI=1S/C24H23F2N3O4S/c1-3-29(18-9-5-4-6-10-18)34(32,33)19-11-7-8-17(14-19)23(30)28-22(24(31)27-2)16-12-13-20(25)21(26)15-16/h4-15,22H,3H2,1-2H3,(H,27,31)(H,28,30). The molecular weight excluding hydrogens is 464 g/mol. The third-order valence-corrected chi connectivity index (χ3v) is 6.98. The van der Waals surface area contributed by atoms with E-state index < -0.39 is 39.5 Å². The molecular formula is C24H23F2N3O4S. The van der Waals surface area contributed by atoms with Crippen molar-refractivity contribution in [2.45, 2.75) is 17.9 Å². The molecule has 0 aliphatic rings. The van der Waals surface area contributed by atoms with E-state index in [1.165, 1.54) is 41.7 Å². The minimum atomic E-state index is -3.99. The first kappa shape index (κ1) is 24.8. The van der Waals surface area contributed by atoms with E-state index in [4.69, 9.17) is 0 Å². The quantitative estimate of drug-likeness (QED) is 0.509. The van der Waals surface area contributed by atoms with Crippen LogP contribution in [-0.4, -0.2) is 33.8 Å². The van der Waals surface area contributed by atoms with Crippen molar-refractivity contribution in [3.05, 3.63) is 95.6 Å². The zero-order valence-electron chi connectivity index (χ0n) is 18.5. The number of carbonyl (C=O) groups excluding carboxylic acids is 2. The molecule has 3 rings (SSSR count). The smallest absolute Gasteiger partial charge is 0.264 e. The maximum Gasteiger partial charge on any atom is 0.264 e. The minimum Gasteiger partial charge on any atom is -0.357 e. The molecule has 0 aromatic heterocycles. The van der Waals surface area contributed by atoms with Crippen molar-refractivity contribution in [2.75, 3.05) is 17.9 Å². The average molecular weight is 488 g/mol. The van der Waals surface area contributed by atoms with Crippen LogP contribution >= 0.6 is 0 Å². The molecule has 10 heteroatoms. The molecule has 2 N–H and O–H groups in total. The lowest BCUT2D eigenvalue weighted by molar-refractivity contribution is -0.122. The lowest BCUT2D eigenvalue weighted by Gasteiger charge is -2.23. The fourth-order valence-electron chi connectivity index (χ4n) is 3.36. The maximum absolute atomic E-state index is 13.7. The molecule has 0 fully saturated rings. The lowest BCUT2D eigenvalue weighted by atomic mass is 10.0. The van der Waals surface area contributed by atoms with Crippen LogP contribution in [0, 0.1) is 11.6 Å². The number of amides is 2. The number of sulfonamides is 1. The summed E-state index contributed by atoms with van der Waals surface area (Å²) in [6.07, 6.45) is 0. The van der Waals surface area contributed by atoms with Crippen molar-refractivity contribution < 1.29 is 26.8 Å².